The van der Waals surface area contributed by atoms with Crippen molar-refractivity contribution in [3.63, 3.8) is 0 Å². The molecule has 0 saturated heterocycles. The lowest BCUT2D eigenvalue weighted by atomic mass is 10.2. The third-order valence-corrected chi connectivity index (χ3v) is 2.97. The van der Waals surface area contributed by atoms with E-state index in [-0.39, 0.29) is 10.9 Å². The molecule has 0 radical (unpaired) electrons. The average molecular weight is 295 g/mol. The number of carboxylic acids is 1. The van der Waals surface area contributed by atoms with E-state index in [0.717, 1.165) is 24.2 Å². The quantitative estimate of drug-likeness (QED) is 0.625. The molecule has 0 unspecified atom stereocenters. The molecule has 7 heteroatoms. The van der Waals surface area contributed by atoms with Crippen molar-refractivity contribution in [2.45, 2.75) is 13.0 Å². The van der Waals surface area contributed by atoms with Crippen molar-refractivity contribution >= 4 is 34.9 Å². The third kappa shape index (κ3) is 6.14. The van der Waals surface area contributed by atoms with Crippen molar-refractivity contribution in [2.75, 3.05) is 5.75 Å². The first-order chi connectivity index (χ1) is 9.49. The molecule has 0 saturated carbocycles. The standard InChI is InChI=1S/C13H13NO5S/c1-9(15)19-11(13(17)18)8-20-12(16)3-2-10-4-6-14-7-5-10/h2-7,11H,8H2,1H3,(H,17,18)/b3-2+/t11-/m0/s1. The Labute approximate surface area is 119 Å². The van der Waals surface area contributed by atoms with Crippen LogP contribution in [0.25, 0.3) is 6.08 Å². The normalized spacial score (nSPS) is 12.1. The number of rotatable bonds is 6. The number of thioether (sulfide) groups is 1. The van der Waals surface area contributed by atoms with Gasteiger partial charge in [0.25, 0.3) is 0 Å². The van der Waals surface area contributed by atoms with Gasteiger partial charge in [-0.15, -0.1) is 0 Å². The first kappa shape index (κ1) is 15.9. The Bertz CT molecular complexity index is 515. The highest BCUT2D eigenvalue weighted by Crippen LogP contribution is 2.10. The lowest BCUT2D eigenvalue weighted by Crippen LogP contribution is -2.28. The molecule has 0 spiro atoms. The van der Waals surface area contributed by atoms with Crippen molar-refractivity contribution < 1.29 is 24.2 Å². The summed E-state index contributed by atoms with van der Waals surface area (Å²) in [4.78, 5) is 36.9. The number of carbonyl (C=O) groups excluding carboxylic acids is 2. The van der Waals surface area contributed by atoms with Gasteiger partial charge in [-0.05, 0) is 23.8 Å². The Morgan fingerprint density at radius 3 is 2.60 bits per heavy atom. The second kappa shape index (κ2) is 8.11. The Kier molecular flexibility index (Phi) is 6.45. The summed E-state index contributed by atoms with van der Waals surface area (Å²) < 4.78 is 4.58. The molecule has 1 aromatic heterocycles. The fourth-order valence-corrected chi connectivity index (χ4v) is 1.89. The maximum atomic E-state index is 11.6. The number of hydrogen-bond donors (Lipinski definition) is 1. The molecule has 1 rings (SSSR count). The zero-order valence-electron chi connectivity index (χ0n) is 10.7. The van der Waals surface area contributed by atoms with Crippen LogP contribution >= 0.6 is 11.8 Å². The van der Waals surface area contributed by atoms with E-state index in [2.05, 4.69) is 9.72 Å². The zero-order valence-corrected chi connectivity index (χ0v) is 11.5. The monoisotopic (exact) mass is 295 g/mol. The summed E-state index contributed by atoms with van der Waals surface area (Å²) in [7, 11) is 0. The maximum absolute atomic E-state index is 11.6. The van der Waals surface area contributed by atoms with Crippen molar-refractivity contribution in [1.82, 2.24) is 4.98 Å². The van der Waals surface area contributed by atoms with Crippen LogP contribution in [0.3, 0.4) is 0 Å². The number of ether oxygens (including phenoxy) is 1. The topological polar surface area (TPSA) is 93.6 Å². The number of esters is 1. The molecule has 0 aliphatic heterocycles. The Balaban J connectivity index is 2.47. The van der Waals surface area contributed by atoms with E-state index >= 15 is 0 Å². The van der Waals surface area contributed by atoms with E-state index in [1.165, 1.54) is 6.08 Å². The SMILES string of the molecule is CC(=O)O[C@@H](CSC(=O)/C=C/c1ccncc1)C(=O)O. The second-order valence-electron chi connectivity index (χ2n) is 3.68. The van der Waals surface area contributed by atoms with Gasteiger partial charge >= 0.3 is 11.9 Å². The first-order valence-corrected chi connectivity index (χ1v) is 6.62. The van der Waals surface area contributed by atoms with E-state index in [1.54, 1.807) is 30.6 Å². The number of nitrogens with zero attached hydrogens (tertiary/aromatic N) is 1. The summed E-state index contributed by atoms with van der Waals surface area (Å²) in [5, 5.41) is 8.50. The van der Waals surface area contributed by atoms with Gasteiger partial charge in [0.2, 0.25) is 11.2 Å². The minimum absolute atomic E-state index is 0.131. The molecule has 6 nitrogen and oxygen atoms in total. The van der Waals surface area contributed by atoms with Gasteiger partial charge < -0.3 is 9.84 Å². The van der Waals surface area contributed by atoms with Crippen molar-refractivity contribution in [1.29, 1.82) is 0 Å². The number of pyridine rings is 1. The predicted octanol–water partition coefficient (Wildman–Crippen LogP) is 1.37. The van der Waals surface area contributed by atoms with Gasteiger partial charge in [0.15, 0.2) is 0 Å². The predicted molar refractivity (Wildman–Crippen MR) is 73.9 cm³/mol. The molecular weight excluding hydrogens is 282 g/mol. The summed E-state index contributed by atoms with van der Waals surface area (Å²) in [5.74, 6) is -2.11. The maximum Gasteiger partial charge on any atom is 0.345 e. The fraction of sp³-hybridized carbons (Fsp3) is 0.231. The summed E-state index contributed by atoms with van der Waals surface area (Å²) in [6, 6.07) is 3.46. The molecule has 1 atom stereocenters. The smallest absolute Gasteiger partial charge is 0.345 e. The Hall–Kier alpha value is -2.15. The molecule has 0 aliphatic rings. The van der Waals surface area contributed by atoms with Gasteiger partial charge in [0, 0.05) is 25.1 Å². The highest BCUT2D eigenvalue weighted by atomic mass is 32.2. The number of carboxylic acid groups (broad SMARTS) is 1. The fourth-order valence-electron chi connectivity index (χ4n) is 1.20. The summed E-state index contributed by atoms with van der Waals surface area (Å²) >= 11 is 0.775. The summed E-state index contributed by atoms with van der Waals surface area (Å²) in [6.45, 7) is 1.12. The van der Waals surface area contributed by atoms with Crippen LogP contribution in [0.4, 0.5) is 0 Å². The van der Waals surface area contributed by atoms with Crippen LogP contribution < -0.4 is 0 Å². The lowest BCUT2D eigenvalue weighted by Gasteiger charge is -2.10. The van der Waals surface area contributed by atoms with E-state index in [4.69, 9.17) is 5.11 Å². The van der Waals surface area contributed by atoms with Crippen LogP contribution in [0.15, 0.2) is 30.6 Å². The molecule has 0 bridgehead atoms. The molecule has 1 N–H and O–H groups in total. The highest BCUT2D eigenvalue weighted by Gasteiger charge is 2.21. The molecule has 1 heterocycles. The van der Waals surface area contributed by atoms with Crippen LogP contribution in [0.2, 0.25) is 0 Å². The lowest BCUT2D eigenvalue weighted by molar-refractivity contribution is -0.160. The molecule has 1 aromatic rings. The van der Waals surface area contributed by atoms with Crippen LogP contribution in [0.5, 0.6) is 0 Å². The van der Waals surface area contributed by atoms with Gasteiger partial charge in [-0.1, -0.05) is 17.8 Å². The van der Waals surface area contributed by atoms with Crippen LogP contribution in [-0.4, -0.2) is 39.0 Å². The average Bonchev–Trinajstić information content (AvgIpc) is 2.41. The molecule has 106 valence electrons. The highest BCUT2D eigenvalue weighted by molar-refractivity contribution is 8.14. The van der Waals surface area contributed by atoms with Crippen LogP contribution in [0, 0.1) is 0 Å². The van der Waals surface area contributed by atoms with Gasteiger partial charge in [-0.25, -0.2) is 4.79 Å². The van der Waals surface area contributed by atoms with E-state index in [0.29, 0.717) is 0 Å². The van der Waals surface area contributed by atoms with Gasteiger partial charge in [-0.3, -0.25) is 14.6 Å². The van der Waals surface area contributed by atoms with Crippen molar-refractivity contribution in [3.8, 4) is 0 Å². The van der Waals surface area contributed by atoms with Crippen molar-refractivity contribution in [2.24, 2.45) is 0 Å². The third-order valence-electron chi connectivity index (χ3n) is 2.08. The molecular formula is C13H13NO5S. The van der Waals surface area contributed by atoms with Gasteiger partial charge in [0.05, 0.1) is 0 Å². The minimum atomic E-state index is -1.32. The summed E-state index contributed by atoms with van der Waals surface area (Å²) in [6.07, 6.45) is 4.79. The summed E-state index contributed by atoms with van der Waals surface area (Å²) in [5.41, 5.74) is 0.809. The van der Waals surface area contributed by atoms with Gasteiger partial charge in [-0.2, -0.15) is 0 Å². The van der Waals surface area contributed by atoms with Crippen molar-refractivity contribution in [3.05, 3.63) is 36.2 Å². The van der Waals surface area contributed by atoms with E-state index < -0.39 is 18.0 Å². The number of aliphatic carboxylic acids is 1. The minimum Gasteiger partial charge on any atom is -0.478 e. The molecule has 0 aliphatic carbocycles. The number of hydrogen-bond acceptors (Lipinski definition) is 6. The Morgan fingerprint density at radius 1 is 1.40 bits per heavy atom. The number of carbonyl (C=O) groups is 3. The Morgan fingerprint density at radius 2 is 2.05 bits per heavy atom. The van der Waals surface area contributed by atoms with Crippen LogP contribution in [0.1, 0.15) is 12.5 Å². The number of aromatic nitrogens is 1. The zero-order chi connectivity index (χ0) is 15.0. The van der Waals surface area contributed by atoms with E-state index in [9.17, 15) is 14.4 Å². The van der Waals surface area contributed by atoms with Crippen LogP contribution in [-0.2, 0) is 19.1 Å². The van der Waals surface area contributed by atoms with E-state index in [1.807, 2.05) is 0 Å². The molecule has 0 aromatic carbocycles. The molecule has 0 amide bonds. The first-order valence-electron chi connectivity index (χ1n) is 5.64. The molecule has 0 fully saturated rings. The largest absolute Gasteiger partial charge is 0.478 e. The molecule has 20 heavy (non-hydrogen) atoms. The second-order valence-corrected chi connectivity index (χ2v) is 4.70. The van der Waals surface area contributed by atoms with Gasteiger partial charge in [0.1, 0.15) is 0 Å².